The smallest absolute Gasteiger partial charge is 0.339 e. The number of carbonyl (C=O) groups is 1. The maximum absolute atomic E-state index is 13.2. The maximum Gasteiger partial charge on any atom is 0.339 e. The number of hydrogen-bond donors (Lipinski definition) is 2. The van der Waals surface area contributed by atoms with E-state index in [0.29, 0.717) is 35.5 Å². The first-order valence-electron chi connectivity index (χ1n) is 12.5. The van der Waals surface area contributed by atoms with Crippen LogP contribution in [0.15, 0.2) is 83.8 Å². The molecular weight excluding hydrogens is 486 g/mol. The number of para-hydroxylation sites is 1. The molecule has 3 aromatic carbocycles. The highest BCUT2D eigenvalue weighted by molar-refractivity contribution is 7.92. The van der Waals surface area contributed by atoms with Crippen LogP contribution in [0.4, 0.5) is 5.69 Å². The molecule has 1 aliphatic carbocycles. The van der Waals surface area contributed by atoms with Gasteiger partial charge in [0.2, 0.25) is 0 Å². The van der Waals surface area contributed by atoms with Gasteiger partial charge in [-0.3, -0.25) is 9.40 Å². The summed E-state index contributed by atoms with van der Waals surface area (Å²) < 4.78 is 30.9. The molecule has 37 heavy (non-hydrogen) atoms. The Kier molecular flexibility index (Phi) is 6.84. The van der Waals surface area contributed by atoms with E-state index in [2.05, 4.69) is 16.7 Å². The molecule has 2 N–H and O–H groups in total. The highest BCUT2D eigenvalue weighted by atomic mass is 32.2. The fourth-order valence-corrected chi connectivity index (χ4v) is 5.91. The van der Waals surface area contributed by atoms with Crippen molar-refractivity contribution in [2.45, 2.75) is 50.0 Å². The molecule has 1 aromatic heterocycles. The van der Waals surface area contributed by atoms with Crippen molar-refractivity contribution in [3.63, 3.8) is 0 Å². The van der Waals surface area contributed by atoms with Gasteiger partial charge in [0, 0.05) is 30.1 Å². The summed E-state index contributed by atoms with van der Waals surface area (Å²) in [7, 11) is -3.80. The molecule has 0 unspecified atom stereocenters. The minimum Gasteiger partial charge on any atom is -0.478 e. The Bertz CT molecular complexity index is 1520. The second-order valence-electron chi connectivity index (χ2n) is 9.35. The van der Waals surface area contributed by atoms with E-state index in [4.69, 9.17) is 0 Å². The highest BCUT2D eigenvalue weighted by Gasteiger charge is 2.34. The SMILES string of the molecule is CCCn1nc(C2CC2)c(C(=O)O)c1Cc1ccc(-c2ccccc2S(=O)(=O)Nc2ccccc2)cc1. The van der Waals surface area contributed by atoms with Gasteiger partial charge in [-0.1, -0.05) is 67.6 Å². The van der Waals surface area contributed by atoms with E-state index < -0.39 is 16.0 Å². The quantitative estimate of drug-likeness (QED) is 0.273. The van der Waals surface area contributed by atoms with Crippen LogP contribution in [-0.2, 0) is 23.0 Å². The van der Waals surface area contributed by atoms with Crippen LogP contribution in [0.1, 0.15) is 59.4 Å². The molecular formula is C29H29N3O4S. The molecule has 190 valence electrons. The lowest BCUT2D eigenvalue weighted by atomic mass is 10.00. The van der Waals surface area contributed by atoms with Gasteiger partial charge in [-0.05, 0) is 48.6 Å². The Morgan fingerprint density at radius 2 is 1.68 bits per heavy atom. The summed E-state index contributed by atoms with van der Waals surface area (Å²) in [6.45, 7) is 2.72. The molecule has 1 fully saturated rings. The first kappa shape index (κ1) is 24.8. The Balaban J connectivity index is 1.45. The third-order valence-electron chi connectivity index (χ3n) is 6.54. The van der Waals surface area contributed by atoms with Crippen molar-refractivity contribution < 1.29 is 18.3 Å². The van der Waals surface area contributed by atoms with Gasteiger partial charge in [0.1, 0.15) is 5.56 Å². The first-order chi connectivity index (χ1) is 17.9. The number of nitrogens with zero attached hydrogens (tertiary/aromatic N) is 2. The summed E-state index contributed by atoms with van der Waals surface area (Å²) in [6, 6.07) is 23.3. The van der Waals surface area contributed by atoms with Crippen LogP contribution in [-0.4, -0.2) is 29.3 Å². The molecule has 7 nitrogen and oxygen atoms in total. The summed E-state index contributed by atoms with van der Waals surface area (Å²) in [4.78, 5) is 12.4. The molecule has 0 atom stereocenters. The van der Waals surface area contributed by atoms with E-state index >= 15 is 0 Å². The molecule has 1 saturated carbocycles. The number of sulfonamides is 1. The predicted octanol–water partition coefficient (Wildman–Crippen LogP) is 5.93. The molecule has 0 bridgehead atoms. The molecule has 0 amide bonds. The standard InChI is InChI=1S/C29H29N3O4S/c1-2-18-32-25(27(29(33)34)28(30-32)22-16-17-22)19-20-12-14-21(15-13-20)24-10-6-7-11-26(24)37(35,36)31-23-8-4-3-5-9-23/h3-15,22,31H,2,16-19H2,1H3,(H,33,34). The summed E-state index contributed by atoms with van der Waals surface area (Å²) in [5.41, 5.74) is 4.55. The monoisotopic (exact) mass is 515 g/mol. The van der Waals surface area contributed by atoms with Crippen molar-refractivity contribution in [3.05, 3.63) is 101 Å². The zero-order valence-electron chi connectivity index (χ0n) is 20.6. The van der Waals surface area contributed by atoms with Crippen molar-refractivity contribution in [2.75, 3.05) is 4.72 Å². The number of anilines is 1. The van der Waals surface area contributed by atoms with Crippen LogP contribution < -0.4 is 4.72 Å². The fraction of sp³-hybridized carbons (Fsp3) is 0.241. The third kappa shape index (κ3) is 5.29. The molecule has 5 rings (SSSR count). The average Bonchev–Trinajstić information content (AvgIpc) is 3.68. The van der Waals surface area contributed by atoms with Crippen molar-refractivity contribution in [2.24, 2.45) is 0 Å². The van der Waals surface area contributed by atoms with Gasteiger partial charge < -0.3 is 5.11 Å². The van der Waals surface area contributed by atoms with Gasteiger partial charge in [0.25, 0.3) is 10.0 Å². The van der Waals surface area contributed by atoms with Crippen LogP contribution in [0.3, 0.4) is 0 Å². The van der Waals surface area contributed by atoms with E-state index in [1.807, 2.05) is 41.1 Å². The van der Waals surface area contributed by atoms with Crippen LogP contribution in [0, 0.1) is 0 Å². The normalized spacial score (nSPS) is 13.4. The van der Waals surface area contributed by atoms with E-state index in [9.17, 15) is 18.3 Å². The Labute approximate surface area is 216 Å². The number of benzene rings is 3. The van der Waals surface area contributed by atoms with Crippen LogP contribution in [0.5, 0.6) is 0 Å². The number of nitrogens with one attached hydrogen (secondary N) is 1. The zero-order chi connectivity index (χ0) is 26.0. The van der Waals surface area contributed by atoms with Crippen molar-refractivity contribution in [3.8, 4) is 11.1 Å². The van der Waals surface area contributed by atoms with Crippen LogP contribution >= 0.6 is 0 Å². The van der Waals surface area contributed by atoms with Gasteiger partial charge in [-0.2, -0.15) is 5.10 Å². The van der Waals surface area contributed by atoms with Crippen molar-refractivity contribution in [1.82, 2.24) is 9.78 Å². The molecule has 1 aliphatic rings. The third-order valence-corrected chi connectivity index (χ3v) is 7.98. The highest BCUT2D eigenvalue weighted by Crippen LogP contribution is 2.42. The van der Waals surface area contributed by atoms with Gasteiger partial charge >= 0.3 is 5.97 Å². The summed E-state index contributed by atoms with van der Waals surface area (Å²) in [5, 5.41) is 14.7. The van der Waals surface area contributed by atoms with Gasteiger partial charge in [0.15, 0.2) is 0 Å². The van der Waals surface area contributed by atoms with Gasteiger partial charge in [0.05, 0.1) is 16.3 Å². The number of aromatic carboxylic acids is 1. The van der Waals surface area contributed by atoms with Gasteiger partial charge in [-0.25, -0.2) is 13.2 Å². The number of carboxylic acids is 1. The Hall–Kier alpha value is -3.91. The molecule has 8 heteroatoms. The second kappa shape index (κ2) is 10.2. The largest absolute Gasteiger partial charge is 0.478 e. The van der Waals surface area contributed by atoms with Gasteiger partial charge in [-0.15, -0.1) is 0 Å². The zero-order valence-corrected chi connectivity index (χ0v) is 21.4. The summed E-state index contributed by atoms with van der Waals surface area (Å²) in [6.07, 6.45) is 3.27. The lowest BCUT2D eigenvalue weighted by Gasteiger charge is -2.13. The van der Waals surface area contributed by atoms with Crippen molar-refractivity contribution in [1.29, 1.82) is 0 Å². The topological polar surface area (TPSA) is 101 Å². The number of aryl methyl sites for hydroxylation is 1. The molecule has 0 saturated heterocycles. The predicted molar refractivity (Wildman–Crippen MR) is 143 cm³/mol. The molecule has 0 aliphatic heterocycles. The number of carboxylic acid groups (broad SMARTS) is 1. The van der Waals surface area contributed by atoms with E-state index in [0.717, 1.165) is 36.1 Å². The summed E-state index contributed by atoms with van der Waals surface area (Å²) >= 11 is 0. The second-order valence-corrected chi connectivity index (χ2v) is 11.0. The Morgan fingerprint density at radius 1 is 1.00 bits per heavy atom. The molecule has 1 heterocycles. The first-order valence-corrected chi connectivity index (χ1v) is 13.9. The minimum absolute atomic E-state index is 0.190. The van der Waals surface area contributed by atoms with E-state index in [1.165, 1.54) is 0 Å². The summed E-state index contributed by atoms with van der Waals surface area (Å²) in [5.74, 6) is -0.686. The van der Waals surface area contributed by atoms with Crippen molar-refractivity contribution >= 4 is 21.7 Å². The van der Waals surface area contributed by atoms with E-state index in [-0.39, 0.29) is 10.8 Å². The molecule has 4 aromatic rings. The number of rotatable bonds is 10. The lowest BCUT2D eigenvalue weighted by molar-refractivity contribution is 0.0694. The lowest BCUT2D eigenvalue weighted by Crippen LogP contribution is -2.14. The average molecular weight is 516 g/mol. The number of hydrogen-bond acceptors (Lipinski definition) is 4. The van der Waals surface area contributed by atoms with Crippen LogP contribution in [0.2, 0.25) is 0 Å². The molecule has 0 radical (unpaired) electrons. The fourth-order valence-electron chi connectivity index (χ4n) is 4.62. The van der Waals surface area contributed by atoms with Crippen LogP contribution in [0.25, 0.3) is 11.1 Å². The number of aromatic nitrogens is 2. The maximum atomic E-state index is 13.2. The Morgan fingerprint density at radius 3 is 2.32 bits per heavy atom. The minimum atomic E-state index is -3.80. The molecule has 0 spiro atoms. The van der Waals surface area contributed by atoms with E-state index in [1.54, 1.807) is 42.5 Å².